The van der Waals surface area contributed by atoms with E-state index < -0.39 is 0 Å². The molecule has 25 heavy (non-hydrogen) atoms. The van der Waals surface area contributed by atoms with Crippen molar-refractivity contribution in [1.29, 1.82) is 0 Å². The molecule has 4 heteroatoms. The van der Waals surface area contributed by atoms with Crippen LogP contribution in [0.2, 0.25) is 0 Å². The van der Waals surface area contributed by atoms with E-state index in [-0.39, 0.29) is 5.91 Å². The predicted octanol–water partition coefficient (Wildman–Crippen LogP) is 4.11. The van der Waals surface area contributed by atoms with E-state index >= 15 is 0 Å². The smallest absolute Gasteiger partial charge is 0.252 e. The molecule has 126 valence electrons. The molecular weight excluding hydrogens is 310 g/mol. The summed E-state index contributed by atoms with van der Waals surface area (Å²) in [5, 5.41) is 6.21. The van der Waals surface area contributed by atoms with Crippen LogP contribution in [0.15, 0.2) is 73.1 Å². The lowest BCUT2D eigenvalue weighted by Crippen LogP contribution is -2.25. The summed E-state index contributed by atoms with van der Waals surface area (Å²) >= 11 is 0. The monoisotopic (exact) mass is 331 g/mol. The van der Waals surface area contributed by atoms with E-state index in [1.807, 2.05) is 55.5 Å². The highest BCUT2D eigenvalue weighted by atomic mass is 16.1. The molecule has 3 rings (SSSR count). The minimum absolute atomic E-state index is 0.115. The van der Waals surface area contributed by atoms with Crippen LogP contribution < -0.4 is 10.6 Å². The lowest BCUT2D eigenvalue weighted by Gasteiger charge is -2.09. The fraction of sp³-hybridized carbons (Fsp3) is 0.143. The van der Waals surface area contributed by atoms with Crippen LogP contribution in [0.3, 0.4) is 0 Å². The van der Waals surface area contributed by atoms with Crippen LogP contribution >= 0.6 is 0 Å². The van der Waals surface area contributed by atoms with Crippen molar-refractivity contribution in [2.24, 2.45) is 0 Å². The van der Waals surface area contributed by atoms with Gasteiger partial charge in [-0.3, -0.25) is 9.78 Å². The van der Waals surface area contributed by atoms with Crippen LogP contribution in [0.5, 0.6) is 0 Å². The van der Waals surface area contributed by atoms with Gasteiger partial charge in [-0.2, -0.15) is 0 Å². The molecule has 3 aromatic rings. The maximum Gasteiger partial charge on any atom is 0.252 e. The van der Waals surface area contributed by atoms with Gasteiger partial charge < -0.3 is 10.6 Å². The number of anilines is 2. The number of amides is 1. The molecule has 1 heterocycles. The second-order valence-electron chi connectivity index (χ2n) is 5.94. The Balaban J connectivity index is 1.58. The Hall–Kier alpha value is -3.14. The Morgan fingerprint density at radius 3 is 2.48 bits per heavy atom. The molecule has 0 aliphatic rings. The van der Waals surface area contributed by atoms with E-state index in [1.54, 1.807) is 12.4 Å². The summed E-state index contributed by atoms with van der Waals surface area (Å²) in [6.45, 7) is 2.64. The van der Waals surface area contributed by atoms with Gasteiger partial charge in [-0.05, 0) is 37.1 Å². The van der Waals surface area contributed by atoms with Crippen molar-refractivity contribution in [3.8, 4) is 0 Å². The molecule has 0 spiro atoms. The minimum atomic E-state index is -0.115. The number of hydrogen-bond donors (Lipinski definition) is 2. The SMILES string of the molecule is Cc1ccc(Nc2cncc(C(=O)NCCc3ccccc3)c2)cc1. The van der Waals surface area contributed by atoms with Crippen molar-refractivity contribution >= 4 is 17.3 Å². The van der Waals surface area contributed by atoms with Crippen molar-refractivity contribution in [3.05, 3.63) is 89.7 Å². The first kappa shape index (κ1) is 16.7. The largest absolute Gasteiger partial charge is 0.354 e. The third kappa shape index (κ3) is 4.91. The number of carbonyl (C=O) groups excluding carboxylic acids is 1. The molecule has 0 atom stereocenters. The van der Waals surface area contributed by atoms with Gasteiger partial charge in [-0.25, -0.2) is 0 Å². The molecule has 2 N–H and O–H groups in total. The van der Waals surface area contributed by atoms with Gasteiger partial charge in [0.25, 0.3) is 5.91 Å². The highest BCUT2D eigenvalue weighted by molar-refractivity contribution is 5.94. The van der Waals surface area contributed by atoms with E-state index in [4.69, 9.17) is 0 Å². The number of benzene rings is 2. The number of nitrogens with one attached hydrogen (secondary N) is 2. The van der Waals surface area contributed by atoms with Crippen LogP contribution in [0.1, 0.15) is 21.5 Å². The van der Waals surface area contributed by atoms with Gasteiger partial charge in [0.15, 0.2) is 0 Å². The minimum Gasteiger partial charge on any atom is -0.354 e. The average molecular weight is 331 g/mol. The van der Waals surface area contributed by atoms with E-state index in [0.29, 0.717) is 12.1 Å². The summed E-state index contributed by atoms with van der Waals surface area (Å²) in [5.74, 6) is -0.115. The zero-order chi connectivity index (χ0) is 17.5. The third-order valence-corrected chi connectivity index (χ3v) is 3.88. The van der Waals surface area contributed by atoms with Gasteiger partial charge in [-0.1, -0.05) is 48.0 Å². The number of carbonyl (C=O) groups is 1. The zero-order valence-corrected chi connectivity index (χ0v) is 14.2. The highest BCUT2D eigenvalue weighted by Crippen LogP contribution is 2.17. The van der Waals surface area contributed by atoms with Gasteiger partial charge in [0.05, 0.1) is 17.4 Å². The van der Waals surface area contributed by atoms with E-state index in [0.717, 1.165) is 17.8 Å². The van der Waals surface area contributed by atoms with E-state index in [9.17, 15) is 4.79 Å². The Morgan fingerprint density at radius 1 is 0.960 bits per heavy atom. The summed E-state index contributed by atoms with van der Waals surface area (Å²) in [7, 11) is 0. The Kier molecular flexibility index (Phi) is 5.42. The van der Waals surface area contributed by atoms with Crippen molar-refractivity contribution in [1.82, 2.24) is 10.3 Å². The highest BCUT2D eigenvalue weighted by Gasteiger charge is 2.07. The van der Waals surface area contributed by atoms with E-state index in [1.165, 1.54) is 11.1 Å². The lowest BCUT2D eigenvalue weighted by molar-refractivity contribution is 0.0954. The van der Waals surface area contributed by atoms with Crippen molar-refractivity contribution in [2.45, 2.75) is 13.3 Å². The van der Waals surface area contributed by atoms with E-state index in [2.05, 4.69) is 27.8 Å². The standard InChI is InChI=1S/C21H21N3O/c1-16-7-9-19(10-8-16)24-20-13-18(14-22-15-20)21(25)23-12-11-17-5-3-2-4-6-17/h2-10,13-15,24H,11-12H2,1H3,(H,23,25). The quantitative estimate of drug-likeness (QED) is 0.715. The summed E-state index contributed by atoms with van der Waals surface area (Å²) < 4.78 is 0. The van der Waals surface area contributed by atoms with Crippen LogP contribution in [-0.2, 0) is 6.42 Å². The molecule has 0 fully saturated rings. The van der Waals surface area contributed by atoms with Crippen LogP contribution in [0.25, 0.3) is 0 Å². The maximum atomic E-state index is 12.3. The molecule has 0 aliphatic heterocycles. The molecule has 0 aliphatic carbocycles. The normalized spacial score (nSPS) is 10.3. The first-order chi connectivity index (χ1) is 12.2. The topological polar surface area (TPSA) is 54.0 Å². The van der Waals surface area contributed by atoms with Crippen LogP contribution in [-0.4, -0.2) is 17.4 Å². The fourth-order valence-corrected chi connectivity index (χ4v) is 2.50. The predicted molar refractivity (Wildman–Crippen MR) is 101 cm³/mol. The summed E-state index contributed by atoms with van der Waals surface area (Å²) in [4.78, 5) is 16.5. The fourth-order valence-electron chi connectivity index (χ4n) is 2.50. The number of hydrogen-bond acceptors (Lipinski definition) is 3. The number of nitrogens with zero attached hydrogens (tertiary/aromatic N) is 1. The second kappa shape index (κ2) is 8.11. The van der Waals surface area contributed by atoms with Crippen molar-refractivity contribution in [2.75, 3.05) is 11.9 Å². The number of aryl methyl sites for hydroxylation is 1. The first-order valence-corrected chi connectivity index (χ1v) is 8.31. The van der Waals surface area contributed by atoms with Gasteiger partial charge in [0.1, 0.15) is 0 Å². The van der Waals surface area contributed by atoms with Gasteiger partial charge in [-0.15, -0.1) is 0 Å². The average Bonchev–Trinajstić information content (AvgIpc) is 2.65. The van der Waals surface area contributed by atoms with Crippen molar-refractivity contribution in [3.63, 3.8) is 0 Å². The maximum absolute atomic E-state index is 12.3. The van der Waals surface area contributed by atoms with Crippen LogP contribution in [0.4, 0.5) is 11.4 Å². The zero-order valence-electron chi connectivity index (χ0n) is 14.2. The molecule has 0 bridgehead atoms. The molecule has 1 amide bonds. The third-order valence-electron chi connectivity index (χ3n) is 3.88. The molecule has 0 saturated heterocycles. The molecule has 0 radical (unpaired) electrons. The summed E-state index contributed by atoms with van der Waals surface area (Å²) in [6.07, 6.45) is 4.10. The Labute approximate surface area is 147 Å². The number of rotatable bonds is 6. The second-order valence-corrected chi connectivity index (χ2v) is 5.94. The summed E-state index contributed by atoms with van der Waals surface area (Å²) in [5.41, 5.74) is 4.71. The number of pyridine rings is 1. The van der Waals surface area contributed by atoms with Gasteiger partial charge >= 0.3 is 0 Å². The first-order valence-electron chi connectivity index (χ1n) is 8.31. The van der Waals surface area contributed by atoms with Crippen molar-refractivity contribution < 1.29 is 4.79 Å². The summed E-state index contributed by atoms with van der Waals surface area (Å²) in [6, 6.07) is 20.0. The molecule has 0 saturated carbocycles. The van der Waals surface area contributed by atoms with Gasteiger partial charge in [0, 0.05) is 18.4 Å². The molecule has 1 aromatic heterocycles. The lowest BCUT2D eigenvalue weighted by atomic mass is 10.1. The molecule has 4 nitrogen and oxygen atoms in total. The van der Waals surface area contributed by atoms with Gasteiger partial charge in [0.2, 0.25) is 0 Å². The molecule has 2 aromatic carbocycles. The Bertz CT molecular complexity index is 829. The Morgan fingerprint density at radius 2 is 1.72 bits per heavy atom. The number of aromatic nitrogens is 1. The molecule has 0 unspecified atom stereocenters. The molecular formula is C21H21N3O. The van der Waals surface area contributed by atoms with Crippen LogP contribution in [0, 0.1) is 6.92 Å².